The molecule has 0 aliphatic rings. The SMILES string of the molecule is COc1cc(F)c(C(=O)C(C)(C)c2ccccc2)c(F)c1. The minimum Gasteiger partial charge on any atom is -0.497 e. The van der Waals surface area contributed by atoms with Gasteiger partial charge in [0.05, 0.1) is 18.1 Å². The summed E-state index contributed by atoms with van der Waals surface area (Å²) in [4.78, 5) is 12.6. The van der Waals surface area contributed by atoms with Crippen LogP contribution in [0.25, 0.3) is 0 Å². The monoisotopic (exact) mass is 290 g/mol. The van der Waals surface area contributed by atoms with Gasteiger partial charge in [0.1, 0.15) is 17.4 Å². The molecule has 21 heavy (non-hydrogen) atoms. The third kappa shape index (κ3) is 2.79. The maximum absolute atomic E-state index is 14.1. The van der Waals surface area contributed by atoms with Crippen LogP contribution in [0.15, 0.2) is 42.5 Å². The Bertz CT molecular complexity index is 641. The molecule has 2 rings (SSSR count). The molecule has 0 amide bonds. The van der Waals surface area contributed by atoms with E-state index < -0.39 is 28.4 Å². The number of halogens is 2. The number of methoxy groups -OCH3 is 1. The fourth-order valence-electron chi connectivity index (χ4n) is 2.18. The third-order valence-corrected chi connectivity index (χ3v) is 3.54. The number of rotatable bonds is 4. The van der Waals surface area contributed by atoms with Crippen molar-refractivity contribution in [2.75, 3.05) is 7.11 Å². The highest BCUT2D eigenvalue weighted by molar-refractivity contribution is 6.04. The first-order valence-electron chi connectivity index (χ1n) is 6.51. The van der Waals surface area contributed by atoms with Crippen molar-refractivity contribution in [2.45, 2.75) is 19.3 Å². The predicted octanol–water partition coefficient (Wildman–Crippen LogP) is 4.13. The van der Waals surface area contributed by atoms with E-state index in [9.17, 15) is 13.6 Å². The lowest BCUT2D eigenvalue weighted by Gasteiger charge is -2.24. The van der Waals surface area contributed by atoms with Gasteiger partial charge in [-0.25, -0.2) is 8.78 Å². The third-order valence-electron chi connectivity index (χ3n) is 3.54. The molecular weight excluding hydrogens is 274 g/mol. The molecular formula is C17H16F2O2. The minimum atomic E-state index is -1.03. The van der Waals surface area contributed by atoms with E-state index in [1.54, 1.807) is 38.1 Å². The van der Waals surface area contributed by atoms with Crippen molar-refractivity contribution in [2.24, 2.45) is 0 Å². The summed E-state index contributed by atoms with van der Waals surface area (Å²) in [6, 6.07) is 10.9. The van der Waals surface area contributed by atoms with Crippen LogP contribution in [0.5, 0.6) is 5.75 Å². The van der Waals surface area contributed by atoms with E-state index in [1.165, 1.54) is 7.11 Å². The number of hydrogen-bond donors (Lipinski definition) is 0. The maximum atomic E-state index is 14.1. The molecule has 0 fully saturated rings. The van der Waals surface area contributed by atoms with Gasteiger partial charge in [-0.1, -0.05) is 30.3 Å². The molecule has 2 aromatic carbocycles. The summed E-state index contributed by atoms with van der Waals surface area (Å²) in [5.74, 6) is -2.40. The zero-order chi connectivity index (χ0) is 15.6. The summed E-state index contributed by atoms with van der Waals surface area (Å²) in [5, 5.41) is 0. The first-order chi connectivity index (χ1) is 9.87. The molecule has 0 saturated carbocycles. The van der Waals surface area contributed by atoms with Crippen LogP contribution >= 0.6 is 0 Å². The smallest absolute Gasteiger partial charge is 0.178 e. The van der Waals surface area contributed by atoms with Crippen molar-refractivity contribution < 1.29 is 18.3 Å². The second kappa shape index (κ2) is 5.64. The van der Waals surface area contributed by atoms with Crippen LogP contribution in [0.2, 0.25) is 0 Å². The normalized spacial score (nSPS) is 11.3. The minimum absolute atomic E-state index is 0.0408. The molecule has 0 atom stereocenters. The average molecular weight is 290 g/mol. The van der Waals surface area contributed by atoms with E-state index in [-0.39, 0.29) is 5.75 Å². The van der Waals surface area contributed by atoms with E-state index in [0.717, 1.165) is 12.1 Å². The number of benzene rings is 2. The number of ether oxygens (including phenoxy) is 1. The lowest BCUT2D eigenvalue weighted by atomic mass is 9.78. The van der Waals surface area contributed by atoms with Crippen LogP contribution in [-0.4, -0.2) is 12.9 Å². The van der Waals surface area contributed by atoms with Crippen molar-refractivity contribution in [1.29, 1.82) is 0 Å². The first kappa shape index (κ1) is 15.2. The Kier molecular flexibility index (Phi) is 4.07. The fourth-order valence-corrected chi connectivity index (χ4v) is 2.18. The highest BCUT2D eigenvalue weighted by Gasteiger charge is 2.34. The van der Waals surface area contributed by atoms with E-state index in [4.69, 9.17) is 4.74 Å². The molecule has 0 saturated heterocycles. The molecule has 0 aromatic heterocycles. The average Bonchev–Trinajstić information content (AvgIpc) is 2.47. The van der Waals surface area contributed by atoms with Gasteiger partial charge in [0.25, 0.3) is 0 Å². The van der Waals surface area contributed by atoms with Crippen LogP contribution in [-0.2, 0) is 5.41 Å². The molecule has 0 aliphatic carbocycles. The van der Waals surface area contributed by atoms with E-state index in [2.05, 4.69) is 0 Å². The molecule has 0 aliphatic heterocycles. The highest BCUT2D eigenvalue weighted by Crippen LogP contribution is 2.31. The van der Waals surface area contributed by atoms with Gasteiger partial charge < -0.3 is 4.74 Å². The molecule has 0 N–H and O–H groups in total. The Morgan fingerprint density at radius 3 is 2.05 bits per heavy atom. The molecule has 0 radical (unpaired) electrons. The zero-order valence-electron chi connectivity index (χ0n) is 12.1. The van der Waals surface area contributed by atoms with Gasteiger partial charge in [-0.3, -0.25) is 4.79 Å². The quantitative estimate of drug-likeness (QED) is 0.791. The van der Waals surface area contributed by atoms with Gasteiger partial charge in [0.2, 0.25) is 0 Å². The summed E-state index contributed by atoms with van der Waals surface area (Å²) in [6.07, 6.45) is 0. The molecule has 0 bridgehead atoms. The van der Waals surface area contributed by atoms with Crippen LogP contribution in [0.3, 0.4) is 0 Å². The van der Waals surface area contributed by atoms with Crippen LogP contribution in [0.4, 0.5) is 8.78 Å². The number of Topliss-reactive ketones (excluding diaryl/α,β-unsaturated/α-hetero) is 1. The van der Waals surface area contributed by atoms with Gasteiger partial charge in [-0.05, 0) is 19.4 Å². The molecule has 0 heterocycles. The van der Waals surface area contributed by atoms with E-state index >= 15 is 0 Å². The van der Waals surface area contributed by atoms with Gasteiger partial charge in [0.15, 0.2) is 5.78 Å². The summed E-state index contributed by atoms with van der Waals surface area (Å²) in [7, 11) is 1.31. The molecule has 110 valence electrons. The summed E-state index contributed by atoms with van der Waals surface area (Å²) in [6.45, 7) is 3.29. The Balaban J connectivity index is 2.50. The van der Waals surface area contributed by atoms with Crippen molar-refractivity contribution in [3.05, 3.63) is 65.2 Å². The van der Waals surface area contributed by atoms with E-state index in [1.807, 2.05) is 6.07 Å². The molecule has 0 spiro atoms. The molecule has 2 nitrogen and oxygen atoms in total. The van der Waals surface area contributed by atoms with E-state index in [0.29, 0.717) is 5.56 Å². The molecule has 4 heteroatoms. The second-order valence-electron chi connectivity index (χ2n) is 5.29. The van der Waals surface area contributed by atoms with Crippen molar-refractivity contribution in [3.8, 4) is 5.75 Å². The second-order valence-corrected chi connectivity index (χ2v) is 5.29. The first-order valence-corrected chi connectivity index (χ1v) is 6.51. The largest absolute Gasteiger partial charge is 0.497 e. The standard InChI is InChI=1S/C17H16F2O2/c1-17(2,11-7-5-4-6-8-11)16(20)15-13(18)9-12(21-3)10-14(15)19/h4-10H,1-3H3. The Hall–Kier alpha value is -2.23. The topological polar surface area (TPSA) is 26.3 Å². The van der Waals surface area contributed by atoms with Crippen LogP contribution in [0, 0.1) is 11.6 Å². The highest BCUT2D eigenvalue weighted by atomic mass is 19.1. The predicted molar refractivity (Wildman–Crippen MR) is 76.7 cm³/mol. The number of hydrogen-bond acceptors (Lipinski definition) is 2. The van der Waals surface area contributed by atoms with Gasteiger partial charge in [0, 0.05) is 12.1 Å². The van der Waals surface area contributed by atoms with Crippen molar-refractivity contribution in [3.63, 3.8) is 0 Å². The number of ketones is 1. The Labute approximate surface area is 122 Å². The van der Waals surface area contributed by atoms with Gasteiger partial charge in [-0.15, -0.1) is 0 Å². The van der Waals surface area contributed by atoms with Gasteiger partial charge >= 0.3 is 0 Å². The maximum Gasteiger partial charge on any atom is 0.178 e. The fraction of sp³-hybridized carbons (Fsp3) is 0.235. The molecule has 2 aromatic rings. The lowest BCUT2D eigenvalue weighted by molar-refractivity contribution is 0.0900. The molecule has 0 unspecified atom stereocenters. The van der Waals surface area contributed by atoms with Crippen LogP contribution < -0.4 is 4.74 Å². The van der Waals surface area contributed by atoms with Gasteiger partial charge in [-0.2, -0.15) is 0 Å². The lowest BCUT2D eigenvalue weighted by Crippen LogP contribution is -2.30. The number of carbonyl (C=O) groups is 1. The summed E-state index contributed by atoms with van der Waals surface area (Å²) < 4.78 is 32.9. The summed E-state index contributed by atoms with van der Waals surface area (Å²) >= 11 is 0. The zero-order valence-corrected chi connectivity index (χ0v) is 12.1. The summed E-state index contributed by atoms with van der Waals surface area (Å²) in [5.41, 5.74) is -0.869. The van der Waals surface area contributed by atoms with Crippen molar-refractivity contribution >= 4 is 5.78 Å². The van der Waals surface area contributed by atoms with Crippen molar-refractivity contribution in [1.82, 2.24) is 0 Å². The van der Waals surface area contributed by atoms with Crippen LogP contribution in [0.1, 0.15) is 29.8 Å². The Morgan fingerprint density at radius 1 is 1.05 bits per heavy atom. The Morgan fingerprint density at radius 2 is 1.57 bits per heavy atom. The number of carbonyl (C=O) groups excluding carboxylic acids is 1.